The highest BCUT2D eigenvalue weighted by molar-refractivity contribution is 6.31. The zero-order valence-electron chi connectivity index (χ0n) is 16.4. The van der Waals surface area contributed by atoms with Crippen molar-refractivity contribution in [1.82, 2.24) is 29.3 Å². The number of rotatable bonds is 6. The summed E-state index contributed by atoms with van der Waals surface area (Å²) in [4.78, 5) is 12.5. The first-order chi connectivity index (χ1) is 14.4. The van der Waals surface area contributed by atoms with Crippen LogP contribution < -0.4 is 5.32 Å². The fourth-order valence-electron chi connectivity index (χ4n) is 3.00. The Morgan fingerprint density at radius 3 is 2.53 bits per heavy atom. The third-order valence-corrected chi connectivity index (χ3v) is 5.39. The van der Waals surface area contributed by atoms with Gasteiger partial charge in [0.15, 0.2) is 5.69 Å². The van der Waals surface area contributed by atoms with Gasteiger partial charge in [-0.15, -0.1) is 0 Å². The Kier molecular flexibility index (Phi) is 5.61. The van der Waals surface area contributed by atoms with Gasteiger partial charge in [0.25, 0.3) is 5.91 Å². The van der Waals surface area contributed by atoms with E-state index in [4.69, 9.17) is 23.2 Å². The highest BCUT2D eigenvalue weighted by atomic mass is 35.5. The average Bonchev–Trinajstić information content (AvgIpc) is 3.42. The lowest BCUT2D eigenvalue weighted by Crippen LogP contribution is -2.15. The summed E-state index contributed by atoms with van der Waals surface area (Å²) >= 11 is 12.1. The molecule has 0 aliphatic heterocycles. The molecule has 0 atom stereocenters. The fraction of sp³-hybridized carbons (Fsp3) is 0.200. The molecule has 10 heteroatoms. The van der Waals surface area contributed by atoms with Crippen molar-refractivity contribution in [3.8, 4) is 0 Å². The molecule has 3 aromatic heterocycles. The van der Waals surface area contributed by atoms with E-state index in [0.29, 0.717) is 34.6 Å². The highest BCUT2D eigenvalue weighted by Gasteiger charge is 2.13. The quantitative estimate of drug-likeness (QED) is 0.487. The van der Waals surface area contributed by atoms with E-state index in [1.807, 2.05) is 38.1 Å². The Morgan fingerprint density at radius 2 is 1.83 bits per heavy atom. The number of hydrogen-bond donors (Lipinski definition) is 1. The zero-order valence-corrected chi connectivity index (χ0v) is 17.9. The molecular weight excluding hydrogens is 425 g/mol. The van der Waals surface area contributed by atoms with E-state index in [0.717, 1.165) is 17.0 Å². The van der Waals surface area contributed by atoms with Crippen LogP contribution in [0.15, 0.2) is 48.9 Å². The van der Waals surface area contributed by atoms with Crippen molar-refractivity contribution in [2.75, 3.05) is 5.32 Å². The lowest BCUT2D eigenvalue weighted by molar-refractivity contribution is 0.102. The molecule has 30 heavy (non-hydrogen) atoms. The molecule has 154 valence electrons. The molecular formula is C20H19Cl2N7O. The van der Waals surface area contributed by atoms with Gasteiger partial charge in [-0.05, 0) is 37.6 Å². The smallest absolute Gasteiger partial charge is 0.276 e. The van der Waals surface area contributed by atoms with Gasteiger partial charge >= 0.3 is 0 Å². The van der Waals surface area contributed by atoms with Crippen molar-refractivity contribution < 1.29 is 4.79 Å². The zero-order chi connectivity index (χ0) is 21.3. The molecule has 0 saturated carbocycles. The number of halogens is 2. The first-order valence-electron chi connectivity index (χ1n) is 9.20. The Hall–Kier alpha value is -3.10. The molecule has 0 aliphatic carbocycles. The van der Waals surface area contributed by atoms with Gasteiger partial charge in [0.05, 0.1) is 34.8 Å². The van der Waals surface area contributed by atoms with Crippen LogP contribution >= 0.6 is 23.2 Å². The number of carbonyl (C=O) groups is 1. The molecule has 1 N–H and O–H groups in total. The number of nitrogens with one attached hydrogen (secondary N) is 1. The molecule has 8 nitrogen and oxygen atoms in total. The number of benzene rings is 1. The van der Waals surface area contributed by atoms with E-state index in [-0.39, 0.29) is 5.91 Å². The van der Waals surface area contributed by atoms with Crippen molar-refractivity contribution in [3.63, 3.8) is 0 Å². The first kappa shape index (κ1) is 20.2. The molecule has 0 bridgehead atoms. The van der Waals surface area contributed by atoms with Crippen LogP contribution in [0.5, 0.6) is 0 Å². The monoisotopic (exact) mass is 443 g/mol. The predicted octanol–water partition coefficient (Wildman–Crippen LogP) is 4.01. The third kappa shape index (κ3) is 4.39. The fourth-order valence-corrected chi connectivity index (χ4v) is 3.26. The van der Waals surface area contributed by atoms with Crippen LogP contribution in [0, 0.1) is 13.8 Å². The van der Waals surface area contributed by atoms with Crippen molar-refractivity contribution in [2.24, 2.45) is 0 Å². The van der Waals surface area contributed by atoms with E-state index >= 15 is 0 Å². The molecule has 0 aliphatic rings. The number of carbonyl (C=O) groups excluding carboxylic acids is 1. The van der Waals surface area contributed by atoms with Gasteiger partial charge < -0.3 is 5.32 Å². The van der Waals surface area contributed by atoms with Crippen molar-refractivity contribution in [1.29, 1.82) is 0 Å². The van der Waals surface area contributed by atoms with E-state index in [1.165, 1.54) is 0 Å². The molecule has 4 aromatic rings. The van der Waals surface area contributed by atoms with Crippen molar-refractivity contribution >= 4 is 34.8 Å². The molecule has 0 unspecified atom stereocenters. The normalized spacial score (nSPS) is 11.1. The molecule has 1 aromatic carbocycles. The van der Waals surface area contributed by atoms with Crippen LogP contribution in [0.25, 0.3) is 0 Å². The Balaban J connectivity index is 1.39. The van der Waals surface area contributed by atoms with Crippen LogP contribution in [0.2, 0.25) is 10.0 Å². The van der Waals surface area contributed by atoms with Crippen LogP contribution in [0.4, 0.5) is 5.69 Å². The van der Waals surface area contributed by atoms with E-state index in [1.54, 1.807) is 38.7 Å². The van der Waals surface area contributed by atoms with Gasteiger partial charge in [-0.2, -0.15) is 15.3 Å². The van der Waals surface area contributed by atoms with E-state index in [2.05, 4.69) is 20.6 Å². The second-order valence-electron chi connectivity index (χ2n) is 6.87. The van der Waals surface area contributed by atoms with Gasteiger partial charge in [-0.1, -0.05) is 35.3 Å². The number of nitrogens with zero attached hydrogens (tertiary/aromatic N) is 6. The largest absolute Gasteiger partial charge is 0.318 e. The summed E-state index contributed by atoms with van der Waals surface area (Å²) in [5.74, 6) is -0.314. The lowest BCUT2D eigenvalue weighted by Gasteiger charge is -2.04. The van der Waals surface area contributed by atoms with Gasteiger partial charge in [0.1, 0.15) is 6.67 Å². The van der Waals surface area contributed by atoms with Crippen LogP contribution in [0.3, 0.4) is 0 Å². The second kappa shape index (κ2) is 8.33. The van der Waals surface area contributed by atoms with Gasteiger partial charge in [-0.25, -0.2) is 4.68 Å². The number of hydrogen-bond acceptors (Lipinski definition) is 4. The maximum absolute atomic E-state index is 12.5. The SMILES string of the molecule is Cc1nn(Cn2ccc(C(=O)Nc3cnn(Cc4ccc(Cl)cc4)c3)n2)c(C)c1Cl. The molecule has 0 saturated heterocycles. The minimum absolute atomic E-state index is 0.299. The first-order valence-corrected chi connectivity index (χ1v) is 9.96. The second-order valence-corrected chi connectivity index (χ2v) is 7.69. The van der Waals surface area contributed by atoms with Gasteiger partial charge in [0, 0.05) is 17.4 Å². The van der Waals surface area contributed by atoms with Gasteiger partial charge in [-0.3, -0.25) is 14.2 Å². The third-order valence-electron chi connectivity index (χ3n) is 4.59. The average molecular weight is 444 g/mol. The maximum atomic E-state index is 12.5. The number of amides is 1. The molecule has 1 amide bonds. The minimum Gasteiger partial charge on any atom is -0.318 e. The van der Waals surface area contributed by atoms with Crippen LogP contribution in [0.1, 0.15) is 27.4 Å². The Morgan fingerprint density at radius 1 is 1.07 bits per heavy atom. The van der Waals surface area contributed by atoms with Crippen molar-refractivity contribution in [2.45, 2.75) is 27.1 Å². The van der Waals surface area contributed by atoms with Crippen molar-refractivity contribution in [3.05, 3.63) is 81.6 Å². The molecule has 0 spiro atoms. The van der Waals surface area contributed by atoms with E-state index in [9.17, 15) is 4.79 Å². The summed E-state index contributed by atoms with van der Waals surface area (Å²) in [7, 11) is 0. The number of anilines is 1. The standard InChI is InChI=1S/C20H19Cl2N7O/c1-13-19(22)14(2)29(25-13)12-27-8-7-18(26-27)20(30)24-17-9-23-28(11-17)10-15-3-5-16(21)6-4-15/h3-9,11H,10,12H2,1-2H3,(H,24,30). The topological polar surface area (TPSA) is 82.6 Å². The summed E-state index contributed by atoms with van der Waals surface area (Å²) in [6.45, 7) is 4.68. The highest BCUT2D eigenvalue weighted by Crippen LogP contribution is 2.19. The lowest BCUT2D eigenvalue weighted by atomic mass is 10.2. The number of aryl methyl sites for hydroxylation is 1. The van der Waals surface area contributed by atoms with Crippen LogP contribution in [-0.4, -0.2) is 35.2 Å². The Bertz CT molecular complexity index is 1190. The molecule has 0 radical (unpaired) electrons. The van der Waals surface area contributed by atoms with Gasteiger partial charge in [0.2, 0.25) is 0 Å². The van der Waals surface area contributed by atoms with Crippen LogP contribution in [-0.2, 0) is 13.2 Å². The Labute approximate surface area is 183 Å². The molecule has 3 heterocycles. The predicted molar refractivity (Wildman–Crippen MR) is 115 cm³/mol. The summed E-state index contributed by atoms with van der Waals surface area (Å²) in [5, 5.41) is 17.1. The summed E-state index contributed by atoms with van der Waals surface area (Å²) in [6.07, 6.45) is 5.09. The molecule has 4 rings (SSSR count). The summed E-state index contributed by atoms with van der Waals surface area (Å²) in [6, 6.07) is 9.19. The molecule has 0 fully saturated rings. The minimum atomic E-state index is -0.314. The number of aromatic nitrogens is 6. The summed E-state index contributed by atoms with van der Waals surface area (Å²) < 4.78 is 5.12. The maximum Gasteiger partial charge on any atom is 0.276 e. The summed E-state index contributed by atoms with van der Waals surface area (Å²) in [5.41, 5.74) is 3.56. The van der Waals surface area contributed by atoms with E-state index < -0.39 is 0 Å².